The summed E-state index contributed by atoms with van der Waals surface area (Å²) in [6, 6.07) is 0.342. The van der Waals surface area contributed by atoms with E-state index in [-0.39, 0.29) is 29.4 Å². The predicted octanol–water partition coefficient (Wildman–Crippen LogP) is 3.00. The Bertz CT molecular complexity index is 325. The molecule has 20 heavy (non-hydrogen) atoms. The van der Waals surface area contributed by atoms with Crippen LogP contribution in [0.25, 0.3) is 0 Å². The van der Waals surface area contributed by atoms with E-state index in [1.165, 1.54) is 19.3 Å². The maximum absolute atomic E-state index is 6.21. The van der Waals surface area contributed by atoms with Gasteiger partial charge in [0.05, 0.1) is 12.1 Å². The van der Waals surface area contributed by atoms with Gasteiger partial charge in [0.1, 0.15) is 0 Å². The molecular formula is C15H30IN3O. The summed E-state index contributed by atoms with van der Waals surface area (Å²) in [4.78, 5) is 7.09. The summed E-state index contributed by atoms with van der Waals surface area (Å²) >= 11 is 0. The van der Waals surface area contributed by atoms with Gasteiger partial charge < -0.3 is 15.4 Å². The van der Waals surface area contributed by atoms with Crippen molar-refractivity contribution in [2.75, 3.05) is 20.2 Å². The van der Waals surface area contributed by atoms with Crippen molar-refractivity contribution in [3.8, 4) is 0 Å². The van der Waals surface area contributed by atoms with Crippen molar-refractivity contribution in [1.29, 1.82) is 0 Å². The molecule has 2 aliphatic rings. The van der Waals surface area contributed by atoms with Crippen LogP contribution in [0, 0.1) is 5.41 Å². The third-order valence-corrected chi connectivity index (χ3v) is 5.31. The van der Waals surface area contributed by atoms with E-state index in [9.17, 15) is 0 Å². The van der Waals surface area contributed by atoms with Crippen LogP contribution in [0.5, 0.6) is 0 Å². The average molecular weight is 395 g/mol. The van der Waals surface area contributed by atoms with E-state index in [4.69, 9.17) is 15.5 Å². The van der Waals surface area contributed by atoms with Gasteiger partial charge in [-0.3, -0.25) is 0 Å². The van der Waals surface area contributed by atoms with E-state index in [1.807, 2.05) is 7.11 Å². The summed E-state index contributed by atoms with van der Waals surface area (Å²) in [5.41, 5.74) is 6.41. The van der Waals surface area contributed by atoms with Crippen molar-refractivity contribution >= 4 is 29.9 Å². The Labute approximate surface area is 140 Å². The minimum Gasteiger partial charge on any atom is -0.381 e. The number of piperidine rings is 1. The first-order chi connectivity index (χ1) is 9.17. The van der Waals surface area contributed by atoms with Crippen LogP contribution < -0.4 is 5.73 Å². The second kappa shape index (κ2) is 7.82. The maximum Gasteiger partial charge on any atom is 0.191 e. The summed E-state index contributed by atoms with van der Waals surface area (Å²) in [6.45, 7) is 6.63. The summed E-state index contributed by atoms with van der Waals surface area (Å²) in [6.07, 6.45) is 7.42. The molecular weight excluding hydrogens is 365 g/mol. The number of hydrogen-bond donors (Lipinski definition) is 1. The quantitative estimate of drug-likeness (QED) is 0.452. The summed E-state index contributed by atoms with van der Waals surface area (Å²) in [5.74, 6) is 0.755. The van der Waals surface area contributed by atoms with Gasteiger partial charge in [0.15, 0.2) is 5.96 Å². The van der Waals surface area contributed by atoms with E-state index >= 15 is 0 Å². The Hall–Kier alpha value is -0.0400. The second-order valence-electron chi connectivity index (χ2n) is 5.95. The molecule has 2 fully saturated rings. The molecule has 4 nitrogen and oxygen atoms in total. The first-order valence-electron chi connectivity index (χ1n) is 7.79. The fourth-order valence-corrected chi connectivity index (χ4v) is 3.78. The Balaban J connectivity index is 0.00000200. The van der Waals surface area contributed by atoms with Crippen molar-refractivity contribution in [2.24, 2.45) is 16.1 Å². The number of hydrogen-bond acceptors (Lipinski definition) is 2. The highest BCUT2D eigenvalue weighted by atomic mass is 127. The van der Waals surface area contributed by atoms with Gasteiger partial charge in [0.2, 0.25) is 0 Å². The maximum atomic E-state index is 6.21. The first-order valence-corrected chi connectivity index (χ1v) is 7.79. The van der Waals surface area contributed by atoms with Gasteiger partial charge in [-0.25, -0.2) is 4.99 Å². The number of ether oxygens (including phenoxy) is 1. The molecule has 2 rings (SSSR count). The largest absolute Gasteiger partial charge is 0.381 e. The molecule has 0 aromatic carbocycles. The molecule has 0 radical (unpaired) electrons. The Morgan fingerprint density at radius 2 is 1.85 bits per heavy atom. The fourth-order valence-electron chi connectivity index (χ4n) is 3.78. The van der Waals surface area contributed by atoms with Gasteiger partial charge in [-0.05, 0) is 38.5 Å². The summed E-state index contributed by atoms with van der Waals surface area (Å²) < 4.78 is 5.62. The lowest BCUT2D eigenvalue weighted by Gasteiger charge is -2.53. The summed E-state index contributed by atoms with van der Waals surface area (Å²) in [5, 5.41) is 0. The zero-order valence-corrected chi connectivity index (χ0v) is 15.4. The van der Waals surface area contributed by atoms with Crippen LogP contribution in [-0.2, 0) is 4.74 Å². The molecule has 5 heteroatoms. The van der Waals surface area contributed by atoms with Crippen LogP contribution >= 0.6 is 24.0 Å². The molecule has 1 saturated carbocycles. The molecule has 0 spiro atoms. The van der Waals surface area contributed by atoms with Gasteiger partial charge in [0.25, 0.3) is 0 Å². The van der Waals surface area contributed by atoms with E-state index in [1.54, 1.807) is 0 Å². The number of guanidine groups is 1. The molecule has 1 heterocycles. The fraction of sp³-hybridized carbons (Fsp3) is 0.933. The minimum atomic E-state index is 0. The lowest BCUT2D eigenvalue weighted by Crippen LogP contribution is -2.57. The Morgan fingerprint density at radius 1 is 1.25 bits per heavy atom. The number of rotatable bonds is 4. The highest BCUT2D eigenvalue weighted by Crippen LogP contribution is 2.50. The SMILES string of the molecule is CCC1(CC)C(N=C(N)N2CCCCC2)CC1OC.I. The number of nitrogens with two attached hydrogens (primary N) is 1. The van der Waals surface area contributed by atoms with E-state index in [0.29, 0.717) is 12.1 Å². The zero-order chi connectivity index (χ0) is 13.9. The van der Waals surface area contributed by atoms with Crippen LogP contribution in [0.3, 0.4) is 0 Å². The number of likely N-dealkylation sites (tertiary alicyclic amines) is 1. The molecule has 1 aliphatic carbocycles. The zero-order valence-electron chi connectivity index (χ0n) is 13.1. The van der Waals surface area contributed by atoms with Crippen molar-refractivity contribution in [2.45, 2.75) is 64.5 Å². The van der Waals surface area contributed by atoms with Gasteiger partial charge in [-0.15, -0.1) is 24.0 Å². The van der Waals surface area contributed by atoms with Crippen LogP contribution in [-0.4, -0.2) is 43.2 Å². The van der Waals surface area contributed by atoms with Crippen molar-refractivity contribution in [3.05, 3.63) is 0 Å². The molecule has 0 bridgehead atoms. The molecule has 1 aliphatic heterocycles. The van der Waals surface area contributed by atoms with Gasteiger partial charge in [-0.2, -0.15) is 0 Å². The lowest BCUT2D eigenvalue weighted by atomic mass is 9.59. The topological polar surface area (TPSA) is 50.8 Å². The molecule has 2 unspecified atom stereocenters. The lowest BCUT2D eigenvalue weighted by molar-refractivity contribution is -0.112. The molecule has 0 aromatic heterocycles. The highest BCUT2D eigenvalue weighted by Gasteiger charge is 2.53. The Morgan fingerprint density at radius 3 is 2.35 bits per heavy atom. The average Bonchev–Trinajstić information content (AvgIpc) is 2.45. The van der Waals surface area contributed by atoms with Gasteiger partial charge >= 0.3 is 0 Å². The third-order valence-electron chi connectivity index (χ3n) is 5.31. The standard InChI is InChI=1S/C15H29N3O.HI/c1-4-15(5-2)12(11-13(15)19-3)17-14(16)18-9-7-6-8-10-18;/h12-13H,4-11H2,1-3H3,(H2,16,17);1H. The molecule has 2 N–H and O–H groups in total. The number of nitrogens with zero attached hydrogens (tertiary/aromatic N) is 2. The van der Waals surface area contributed by atoms with E-state index in [0.717, 1.165) is 38.3 Å². The Kier molecular flexibility index (Phi) is 7.04. The molecule has 0 amide bonds. The molecule has 2 atom stereocenters. The van der Waals surface area contributed by atoms with Crippen LogP contribution in [0.1, 0.15) is 52.4 Å². The van der Waals surface area contributed by atoms with Crippen LogP contribution in [0.4, 0.5) is 0 Å². The van der Waals surface area contributed by atoms with Crippen molar-refractivity contribution in [1.82, 2.24) is 4.90 Å². The molecule has 1 saturated heterocycles. The van der Waals surface area contributed by atoms with Crippen molar-refractivity contribution < 1.29 is 4.74 Å². The van der Waals surface area contributed by atoms with Gasteiger partial charge in [0, 0.05) is 25.6 Å². The highest BCUT2D eigenvalue weighted by molar-refractivity contribution is 14.0. The predicted molar refractivity (Wildman–Crippen MR) is 94.7 cm³/mol. The minimum absolute atomic E-state index is 0. The van der Waals surface area contributed by atoms with E-state index in [2.05, 4.69) is 18.7 Å². The number of halogens is 1. The van der Waals surface area contributed by atoms with Crippen LogP contribution in [0.15, 0.2) is 4.99 Å². The molecule has 0 aromatic rings. The second-order valence-corrected chi connectivity index (χ2v) is 5.95. The smallest absolute Gasteiger partial charge is 0.191 e. The third kappa shape index (κ3) is 3.24. The summed E-state index contributed by atoms with van der Waals surface area (Å²) in [7, 11) is 1.82. The van der Waals surface area contributed by atoms with Crippen molar-refractivity contribution in [3.63, 3.8) is 0 Å². The van der Waals surface area contributed by atoms with E-state index < -0.39 is 0 Å². The van der Waals surface area contributed by atoms with Crippen LogP contribution in [0.2, 0.25) is 0 Å². The number of methoxy groups -OCH3 is 1. The molecule has 118 valence electrons. The van der Waals surface area contributed by atoms with Gasteiger partial charge in [-0.1, -0.05) is 13.8 Å². The normalized spacial score (nSPS) is 29.6. The monoisotopic (exact) mass is 395 g/mol. The number of aliphatic imine (C=N–C) groups is 1. The first kappa shape index (κ1) is 18.0.